The van der Waals surface area contributed by atoms with Gasteiger partial charge in [0.05, 0.1) is 10.0 Å². The van der Waals surface area contributed by atoms with E-state index in [0.29, 0.717) is 17.2 Å². The van der Waals surface area contributed by atoms with Crippen LogP contribution < -0.4 is 4.74 Å². The third-order valence-electron chi connectivity index (χ3n) is 4.90. The number of aromatic amines is 1. The lowest BCUT2D eigenvalue weighted by Crippen LogP contribution is -2.25. The van der Waals surface area contributed by atoms with Gasteiger partial charge in [-0.05, 0) is 60.0 Å². The standard InChI is InChI=1S/C23H14Cl3F2NO3/c24-15-3-1-12(2-4-15)7-13-11-29-20-6-5-16(10-17(13)20)32-21-18(25)8-14(9-19(21)26)23(27,28)22(30)31/h1-6,8-11,29H,7H2,(H,30,31). The van der Waals surface area contributed by atoms with E-state index in [0.717, 1.165) is 34.2 Å². The van der Waals surface area contributed by atoms with E-state index in [2.05, 4.69) is 4.98 Å². The zero-order valence-electron chi connectivity index (χ0n) is 16.1. The third-order valence-corrected chi connectivity index (χ3v) is 5.71. The molecule has 0 aliphatic carbocycles. The van der Waals surface area contributed by atoms with Gasteiger partial charge >= 0.3 is 11.9 Å². The fourth-order valence-corrected chi connectivity index (χ4v) is 3.96. The molecule has 164 valence electrons. The number of H-pyrrole nitrogens is 1. The Morgan fingerprint density at radius 2 is 1.66 bits per heavy atom. The van der Waals surface area contributed by atoms with Gasteiger partial charge in [0.2, 0.25) is 0 Å². The maximum absolute atomic E-state index is 13.8. The summed E-state index contributed by atoms with van der Waals surface area (Å²) in [6.45, 7) is 0. The quantitative estimate of drug-likeness (QED) is 0.288. The summed E-state index contributed by atoms with van der Waals surface area (Å²) >= 11 is 18.1. The molecule has 1 aromatic heterocycles. The maximum Gasteiger partial charge on any atom is 0.379 e. The van der Waals surface area contributed by atoms with Crippen molar-refractivity contribution in [3.05, 3.63) is 92.6 Å². The van der Waals surface area contributed by atoms with Crippen LogP contribution in [0.3, 0.4) is 0 Å². The first-order chi connectivity index (χ1) is 15.1. The molecule has 0 bridgehead atoms. The molecule has 0 fully saturated rings. The predicted octanol–water partition coefficient (Wildman–Crippen LogP) is 7.69. The summed E-state index contributed by atoms with van der Waals surface area (Å²) in [5.41, 5.74) is 2.14. The number of fused-ring (bicyclic) bond motifs is 1. The summed E-state index contributed by atoms with van der Waals surface area (Å²) in [5.74, 6) is -6.10. The number of carbonyl (C=O) groups is 1. The number of aromatic nitrogens is 1. The number of carboxylic acid groups (broad SMARTS) is 1. The predicted molar refractivity (Wildman–Crippen MR) is 121 cm³/mol. The number of aliphatic carboxylic acids is 1. The minimum Gasteiger partial charge on any atom is -0.477 e. The molecule has 4 rings (SSSR count). The van der Waals surface area contributed by atoms with Crippen LogP contribution in [0.25, 0.3) is 10.9 Å². The SMILES string of the molecule is O=C(O)C(F)(F)c1cc(Cl)c(Oc2ccc3[nH]cc(Cc4ccc(Cl)cc4)c3c2)c(Cl)c1. The van der Waals surface area contributed by atoms with Gasteiger partial charge in [0.25, 0.3) is 0 Å². The molecule has 0 aliphatic heterocycles. The molecule has 2 N–H and O–H groups in total. The number of carboxylic acids is 1. The largest absolute Gasteiger partial charge is 0.477 e. The second-order valence-corrected chi connectivity index (χ2v) is 8.33. The van der Waals surface area contributed by atoms with Gasteiger partial charge in [0, 0.05) is 27.7 Å². The zero-order valence-corrected chi connectivity index (χ0v) is 18.4. The Bertz CT molecular complexity index is 1300. The first-order valence-electron chi connectivity index (χ1n) is 9.28. The molecule has 0 saturated carbocycles. The highest BCUT2D eigenvalue weighted by Crippen LogP contribution is 2.42. The first-order valence-corrected chi connectivity index (χ1v) is 10.4. The van der Waals surface area contributed by atoms with E-state index in [4.69, 9.17) is 44.6 Å². The highest BCUT2D eigenvalue weighted by molar-refractivity contribution is 6.37. The number of alkyl halides is 2. The van der Waals surface area contributed by atoms with Crippen LogP contribution in [0.1, 0.15) is 16.7 Å². The smallest absolute Gasteiger partial charge is 0.379 e. The van der Waals surface area contributed by atoms with Crippen LogP contribution in [0, 0.1) is 0 Å². The van der Waals surface area contributed by atoms with Crippen LogP contribution >= 0.6 is 34.8 Å². The summed E-state index contributed by atoms with van der Waals surface area (Å²) in [6, 6.07) is 14.5. The Morgan fingerprint density at radius 3 is 2.28 bits per heavy atom. The number of hydrogen-bond donors (Lipinski definition) is 2. The van der Waals surface area contributed by atoms with Crippen molar-refractivity contribution in [1.29, 1.82) is 0 Å². The van der Waals surface area contributed by atoms with Crippen molar-refractivity contribution in [1.82, 2.24) is 4.98 Å². The van der Waals surface area contributed by atoms with Gasteiger partial charge in [-0.1, -0.05) is 46.9 Å². The number of benzene rings is 3. The van der Waals surface area contributed by atoms with E-state index in [9.17, 15) is 13.6 Å². The maximum atomic E-state index is 13.8. The fourth-order valence-electron chi connectivity index (χ4n) is 3.27. The average molecular weight is 497 g/mol. The van der Waals surface area contributed by atoms with Crippen LogP contribution in [0.4, 0.5) is 8.78 Å². The first kappa shape index (κ1) is 22.4. The molecule has 1 heterocycles. The Labute approximate surface area is 196 Å². The van der Waals surface area contributed by atoms with Gasteiger partial charge in [0.15, 0.2) is 5.75 Å². The minimum absolute atomic E-state index is 0.0487. The van der Waals surface area contributed by atoms with E-state index >= 15 is 0 Å². The molecule has 0 aliphatic rings. The van der Waals surface area contributed by atoms with Crippen molar-refractivity contribution in [3.63, 3.8) is 0 Å². The normalized spacial score (nSPS) is 11.7. The third kappa shape index (κ3) is 4.39. The number of nitrogens with one attached hydrogen (secondary N) is 1. The topological polar surface area (TPSA) is 62.3 Å². The van der Waals surface area contributed by atoms with Crippen molar-refractivity contribution in [2.45, 2.75) is 12.3 Å². The van der Waals surface area contributed by atoms with E-state index < -0.39 is 17.5 Å². The molecule has 0 saturated heterocycles. The molecule has 9 heteroatoms. The Morgan fingerprint density at radius 1 is 1.00 bits per heavy atom. The van der Waals surface area contributed by atoms with Crippen LogP contribution in [-0.4, -0.2) is 16.1 Å². The molecular formula is C23H14Cl3F2NO3. The van der Waals surface area contributed by atoms with E-state index in [1.54, 1.807) is 12.1 Å². The number of rotatable bonds is 6. The van der Waals surface area contributed by atoms with Gasteiger partial charge in [-0.3, -0.25) is 0 Å². The van der Waals surface area contributed by atoms with Crippen molar-refractivity contribution >= 4 is 51.7 Å². The minimum atomic E-state index is -4.13. The molecule has 0 amide bonds. The molecule has 0 spiro atoms. The molecule has 32 heavy (non-hydrogen) atoms. The Kier molecular flexibility index (Phi) is 6.03. The number of hydrogen-bond acceptors (Lipinski definition) is 2. The second kappa shape index (κ2) is 8.62. The molecular weight excluding hydrogens is 483 g/mol. The van der Waals surface area contributed by atoms with E-state index in [-0.39, 0.29) is 15.8 Å². The Balaban J connectivity index is 1.65. The summed E-state index contributed by atoms with van der Waals surface area (Å²) in [4.78, 5) is 14.0. The lowest BCUT2D eigenvalue weighted by atomic mass is 10.0. The van der Waals surface area contributed by atoms with Gasteiger partial charge in [-0.15, -0.1) is 0 Å². The average Bonchev–Trinajstić information content (AvgIpc) is 3.14. The van der Waals surface area contributed by atoms with E-state index in [1.165, 1.54) is 0 Å². The summed E-state index contributed by atoms with van der Waals surface area (Å²) in [7, 11) is 0. The fraction of sp³-hybridized carbons (Fsp3) is 0.0870. The molecule has 0 atom stereocenters. The van der Waals surface area contributed by atoms with Gasteiger partial charge in [0.1, 0.15) is 5.75 Å². The monoisotopic (exact) mass is 495 g/mol. The number of halogens is 5. The van der Waals surface area contributed by atoms with Crippen molar-refractivity contribution < 1.29 is 23.4 Å². The molecule has 4 aromatic rings. The van der Waals surface area contributed by atoms with Crippen molar-refractivity contribution in [3.8, 4) is 11.5 Å². The van der Waals surface area contributed by atoms with Gasteiger partial charge < -0.3 is 14.8 Å². The van der Waals surface area contributed by atoms with Crippen LogP contribution in [-0.2, 0) is 17.1 Å². The van der Waals surface area contributed by atoms with Crippen LogP contribution in [0.2, 0.25) is 15.1 Å². The second-order valence-electron chi connectivity index (χ2n) is 7.08. The van der Waals surface area contributed by atoms with Crippen molar-refractivity contribution in [2.24, 2.45) is 0 Å². The van der Waals surface area contributed by atoms with Gasteiger partial charge in [-0.25, -0.2) is 4.79 Å². The van der Waals surface area contributed by atoms with Crippen LogP contribution in [0.5, 0.6) is 11.5 Å². The highest BCUT2D eigenvalue weighted by atomic mass is 35.5. The molecule has 0 unspecified atom stereocenters. The molecule has 4 nitrogen and oxygen atoms in total. The molecule has 0 radical (unpaired) electrons. The molecule has 3 aromatic carbocycles. The summed E-state index contributed by atoms with van der Waals surface area (Å²) < 4.78 is 33.4. The summed E-state index contributed by atoms with van der Waals surface area (Å²) in [5, 5.41) is 9.82. The lowest BCUT2D eigenvalue weighted by Gasteiger charge is -2.15. The highest BCUT2D eigenvalue weighted by Gasteiger charge is 2.42. The van der Waals surface area contributed by atoms with E-state index in [1.807, 2.05) is 36.5 Å². The van der Waals surface area contributed by atoms with Crippen LogP contribution in [0.15, 0.2) is 60.8 Å². The zero-order chi connectivity index (χ0) is 23.0. The van der Waals surface area contributed by atoms with Crippen molar-refractivity contribution in [2.75, 3.05) is 0 Å². The number of ether oxygens (including phenoxy) is 1. The Hall–Kier alpha value is -2.80. The summed E-state index contributed by atoms with van der Waals surface area (Å²) in [6.07, 6.45) is 2.55. The lowest BCUT2D eigenvalue weighted by molar-refractivity contribution is -0.166. The van der Waals surface area contributed by atoms with Gasteiger partial charge in [-0.2, -0.15) is 8.78 Å².